The fraction of sp³-hybridized carbons (Fsp3) is 0.235. The number of hydrogen-bond acceptors (Lipinski definition) is 3. The summed E-state index contributed by atoms with van der Waals surface area (Å²) >= 11 is 3.58. The summed E-state index contributed by atoms with van der Waals surface area (Å²) in [6.45, 7) is 0. The average Bonchev–Trinajstić information content (AvgIpc) is 2.53. The first-order valence-electron chi connectivity index (χ1n) is 6.94. The maximum atomic E-state index is 12.1. The molecule has 1 unspecified atom stereocenters. The van der Waals surface area contributed by atoms with Gasteiger partial charge in [-0.1, -0.05) is 34.1 Å². The van der Waals surface area contributed by atoms with E-state index in [1.54, 1.807) is 14.2 Å². The Hall–Kier alpha value is -2.01. The summed E-state index contributed by atoms with van der Waals surface area (Å²) in [4.78, 5) is 12.1. The van der Waals surface area contributed by atoms with Crippen molar-refractivity contribution < 1.29 is 14.3 Å². The molecule has 0 saturated heterocycles. The maximum Gasteiger partial charge on any atom is 0.225 e. The number of benzene rings is 2. The quantitative estimate of drug-likeness (QED) is 0.900. The second-order valence-electron chi connectivity index (χ2n) is 5.12. The fourth-order valence-electron chi connectivity index (χ4n) is 2.86. The number of carbonyl (C=O) groups excluding carboxylic acids is 1. The van der Waals surface area contributed by atoms with Crippen LogP contribution in [-0.4, -0.2) is 20.1 Å². The lowest BCUT2D eigenvalue weighted by Gasteiger charge is -2.28. The summed E-state index contributed by atoms with van der Waals surface area (Å²) in [5.74, 6) is 1.31. The summed E-state index contributed by atoms with van der Waals surface area (Å²) in [5.41, 5.74) is 2.80. The van der Waals surface area contributed by atoms with E-state index in [0.717, 1.165) is 27.0 Å². The minimum Gasteiger partial charge on any atom is -0.497 e. The van der Waals surface area contributed by atoms with Gasteiger partial charge in [0.25, 0.3) is 0 Å². The van der Waals surface area contributed by atoms with Gasteiger partial charge in [-0.05, 0) is 11.6 Å². The standard InChI is InChI=1S/C17H16BrNO3/c1-21-10-7-14-17(15(8-10)22-2)12(9-16(20)19-14)11-5-3-4-6-13(11)18/h3-8,12H,9H2,1-2H3,(H,19,20). The summed E-state index contributed by atoms with van der Waals surface area (Å²) in [6.07, 6.45) is 0.387. The third kappa shape index (κ3) is 2.57. The van der Waals surface area contributed by atoms with Crippen LogP contribution in [0.1, 0.15) is 23.5 Å². The molecule has 0 spiro atoms. The largest absolute Gasteiger partial charge is 0.497 e. The van der Waals surface area contributed by atoms with Crippen molar-refractivity contribution in [1.29, 1.82) is 0 Å². The van der Waals surface area contributed by atoms with Crippen LogP contribution in [0.4, 0.5) is 5.69 Å². The average molecular weight is 362 g/mol. The fourth-order valence-corrected chi connectivity index (χ4v) is 3.42. The Morgan fingerprint density at radius 2 is 1.95 bits per heavy atom. The number of anilines is 1. The Labute approximate surface area is 137 Å². The topological polar surface area (TPSA) is 47.6 Å². The van der Waals surface area contributed by atoms with Gasteiger partial charge < -0.3 is 14.8 Å². The normalized spacial score (nSPS) is 16.7. The molecule has 0 radical (unpaired) electrons. The summed E-state index contributed by atoms with van der Waals surface area (Å²) in [6, 6.07) is 11.6. The Bertz CT molecular complexity index is 730. The lowest BCUT2D eigenvalue weighted by Crippen LogP contribution is -2.24. The molecule has 0 aliphatic carbocycles. The van der Waals surface area contributed by atoms with Gasteiger partial charge in [-0.2, -0.15) is 0 Å². The van der Waals surface area contributed by atoms with Crippen LogP contribution >= 0.6 is 15.9 Å². The third-order valence-electron chi connectivity index (χ3n) is 3.86. The van der Waals surface area contributed by atoms with Gasteiger partial charge in [0.05, 0.1) is 19.9 Å². The Kier molecular flexibility index (Phi) is 4.07. The van der Waals surface area contributed by atoms with Gasteiger partial charge >= 0.3 is 0 Å². The van der Waals surface area contributed by atoms with E-state index in [1.807, 2.05) is 36.4 Å². The molecule has 2 aromatic rings. The van der Waals surface area contributed by atoms with Crippen LogP contribution in [0.15, 0.2) is 40.9 Å². The number of ether oxygens (including phenoxy) is 2. The third-order valence-corrected chi connectivity index (χ3v) is 4.59. The Morgan fingerprint density at radius 1 is 1.18 bits per heavy atom. The van der Waals surface area contributed by atoms with Crippen molar-refractivity contribution >= 4 is 27.5 Å². The number of fused-ring (bicyclic) bond motifs is 1. The maximum absolute atomic E-state index is 12.1. The predicted octanol–water partition coefficient (Wildman–Crippen LogP) is 3.94. The lowest BCUT2D eigenvalue weighted by molar-refractivity contribution is -0.116. The van der Waals surface area contributed by atoms with Gasteiger partial charge in [0.1, 0.15) is 11.5 Å². The first-order chi connectivity index (χ1) is 10.6. The predicted molar refractivity (Wildman–Crippen MR) is 88.8 cm³/mol. The highest BCUT2D eigenvalue weighted by molar-refractivity contribution is 9.10. The molecular weight excluding hydrogens is 346 g/mol. The second-order valence-corrected chi connectivity index (χ2v) is 5.97. The van der Waals surface area contributed by atoms with Gasteiger partial charge in [-0.25, -0.2) is 0 Å². The molecule has 1 heterocycles. The van der Waals surface area contributed by atoms with E-state index in [4.69, 9.17) is 9.47 Å². The van der Waals surface area contributed by atoms with Gasteiger partial charge in [-0.3, -0.25) is 4.79 Å². The molecule has 0 saturated carbocycles. The van der Waals surface area contributed by atoms with Crippen molar-refractivity contribution in [2.24, 2.45) is 0 Å². The van der Waals surface area contributed by atoms with E-state index in [-0.39, 0.29) is 11.8 Å². The molecule has 0 bridgehead atoms. The number of methoxy groups -OCH3 is 2. The van der Waals surface area contributed by atoms with Crippen molar-refractivity contribution in [1.82, 2.24) is 0 Å². The van der Waals surface area contributed by atoms with Crippen LogP contribution in [-0.2, 0) is 4.79 Å². The van der Waals surface area contributed by atoms with E-state index in [0.29, 0.717) is 12.2 Å². The van der Waals surface area contributed by atoms with Gasteiger partial charge in [0.15, 0.2) is 0 Å². The number of rotatable bonds is 3. The minimum absolute atomic E-state index is 0.0106. The molecule has 1 atom stereocenters. The van der Waals surface area contributed by atoms with Crippen LogP contribution in [0, 0.1) is 0 Å². The molecule has 3 rings (SSSR count). The van der Waals surface area contributed by atoms with Gasteiger partial charge in [-0.15, -0.1) is 0 Å². The number of halogens is 1. The van der Waals surface area contributed by atoms with Crippen molar-refractivity contribution in [3.05, 3.63) is 52.0 Å². The zero-order valence-corrected chi connectivity index (χ0v) is 13.9. The van der Waals surface area contributed by atoms with Crippen LogP contribution in [0.25, 0.3) is 0 Å². The van der Waals surface area contributed by atoms with E-state index in [2.05, 4.69) is 21.2 Å². The number of carbonyl (C=O) groups is 1. The number of hydrogen-bond donors (Lipinski definition) is 1. The molecule has 0 fully saturated rings. The van der Waals surface area contributed by atoms with Gasteiger partial charge in [0, 0.05) is 34.5 Å². The Balaban J connectivity index is 2.20. The molecule has 1 aliphatic rings. The van der Waals surface area contributed by atoms with Crippen LogP contribution in [0.2, 0.25) is 0 Å². The van der Waals surface area contributed by atoms with Crippen molar-refractivity contribution in [3.8, 4) is 11.5 Å². The second kappa shape index (κ2) is 6.01. The smallest absolute Gasteiger partial charge is 0.225 e. The first kappa shape index (κ1) is 14.9. The van der Waals surface area contributed by atoms with Gasteiger partial charge in [0.2, 0.25) is 5.91 Å². The zero-order valence-electron chi connectivity index (χ0n) is 12.4. The Morgan fingerprint density at radius 3 is 2.64 bits per heavy atom. The SMILES string of the molecule is COc1cc2c(c(OC)c1)C(c1ccccc1Br)CC(=O)N2. The summed E-state index contributed by atoms with van der Waals surface area (Å²) < 4.78 is 11.8. The highest BCUT2D eigenvalue weighted by Crippen LogP contribution is 2.46. The van der Waals surface area contributed by atoms with E-state index >= 15 is 0 Å². The summed E-state index contributed by atoms with van der Waals surface area (Å²) in [7, 11) is 3.22. The molecule has 1 amide bonds. The summed E-state index contributed by atoms with van der Waals surface area (Å²) in [5, 5.41) is 2.91. The van der Waals surface area contributed by atoms with E-state index in [1.165, 1.54) is 0 Å². The minimum atomic E-state index is -0.0554. The van der Waals surface area contributed by atoms with Crippen LogP contribution in [0.3, 0.4) is 0 Å². The first-order valence-corrected chi connectivity index (χ1v) is 7.73. The molecular formula is C17H16BrNO3. The highest BCUT2D eigenvalue weighted by atomic mass is 79.9. The number of amides is 1. The molecule has 0 aromatic heterocycles. The highest BCUT2D eigenvalue weighted by Gasteiger charge is 2.31. The lowest BCUT2D eigenvalue weighted by atomic mass is 9.84. The molecule has 1 aliphatic heterocycles. The molecule has 114 valence electrons. The molecule has 5 heteroatoms. The molecule has 22 heavy (non-hydrogen) atoms. The van der Waals surface area contributed by atoms with E-state index < -0.39 is 0 Å². The monoisotopic (exact) mass is 361 g/mol. The van der Waals surface area contributed by atoms with Crippen LogP contribution in [0.5, 0.6) is 11.5 Å². The van der Waals surface area contributed by atoms with Crippen molar-refractivity contribution in [3.63, 3.8) is 0 Å². The molecule has 4 nitrogen and oxygen atoms in total. The van der Waals surface area contributed by atoms with E-state index in [9.17, 15) is 4.79 Å². The molecule has 1 N–H and O–H groups in total. The molecule has 2 aromatic carbocycles. The van der Waals surface area contributed by atoms with Crippen molar-refractivity contribution in [2.45, 2.75) is 12.3 Å². The van der Waals surface area contributed by atoms with Crippen LogP contribution < -0.4 is 14.8 Å². The number of nitrogens with one attached hydrogen (secondary N) is 1. The zero-order chi connectivity index (χ0) is 15.7. The van der Waals surface area contributed by atoms with Crippen molar-refractivity contribution in [2.75, 3.05) is 19.5 Å².